The van der Waals surface area contributed by atoms with E-state index in [1.165, 1.54) is 38.9 Å². The molecule has 0 amide bonds. The van der Waals surface area contributed by atoms with Gasteiger partial charge in [-0.15, -0.1) is 0 Å². The molecule has 1 saturated heterocycles. The van der Waals surface area contributed by atoms with Gasteiger partial charge in [-0.3, -0.25) is 4.99 Å². The van der Waals surface area contributed by atoms with Crippen LogP contribution in [0, 0.1) is 5.82 Å². The summed E-state index contributed by atoms with van der Waals surface area (Å²) in [5.74, 6) is 0.761. The molecule has 1 aliphatic heterocycles. The largest absolute Gasteiger partial charge is 0.357 e. The predicted octanol–water partition coefficient (Wildman–Crippen LogP) is 3.29. The Morgan fingerprint density at radius 1 is 1.15 bits per heavy atom. The van der Waals surface area contributed by atoms with E-state index in [1.807, 2.05) is 12.1 Å². The van der Waals surface area contributed by atoms with Crippen LogP contribution in [0.1, 0.15) is 51.0 Å². The molecule has 0 atom stereocenters. The summed E-state index contributed by atoms with van der Waals surface area (Å²) in [6.45, 7) is 8.27. The van der Waals surface area contributed by atoms with Crippen LogP contribution in [0.5, 0.6) is 0 Å². The van der Waals surface area contributed by atoms with Gasteiger partial charge in [-0.25, -0.2) is 4.39 Å². The van der Waals surface area contributed by atoms with Crippen molar-refractivity contribution in [2.45, 2.75) is 50.9 Å². The molecule has 5 heteroatoms. The topological polar surface area (TPSA) is 39.7 Å². The molecule has 2 aliphatic rings. The van der Waals surface area contributed by atoms with E-state index in [-0.39, 0.29) is 11.2 Å². The first kappa shape index (κ1) is 19.2. The van der Waals surface area contributed by atoms with Gasteiger partial charge in [0.25, 0.3) is 0 Å². The molecule has 1 saturated carbocycles. The highest BCUT2D eigenvalue weighted by molar-refractivity contribution is 5.79. The Labute approximate surface area is 157 Å². The number of halogens is 1. The van der Waals surface area contributed by atoms with E-state index < -0.39 is 0 Å². The van der Waals surface area contributed by atoms with Gasteiger partial charge in [0.05, 0.1) is 6.54 Å². The van der Waals surface area contributed by atoms with Crippen LogP contribution < -0.4 is 10.6 Å². The van der Waals surface area contributed by atoms with Crippen LogP contribution in [0.4, 0.5) is 4.39 Å². The molecular formula is C21H33FN4. The van der Waals surface area contributed by atoms with Crippen LogP contribution in [0.25, 0.3) is 0 Å². The molecule has 0 bridgehead atoms. The van der Waals surface area contributed by atoms with E-state index in [2.05, 4.69) is 22.5 Å². The fourth-order valence-electron chi connectivity index (χ4n) is 3.80. The summed E-state index contributed by atoms with van der Waals surface area (Å²) in [7, 11) is 0. The summed E-state index contributed by atoms with van der Waals surface area (Å²) in [6, 6.07) is 7.15. The summed E-state index contributed by atoms with van der Waals surface area (Å²) < 4.78 is 14.1. The van der Waals surface area contributed by atoms with Gasteiger partial charge in [0.1, 0.15) is 5.82 Å². The minimum absolute atomic E-state index is 0.0938. The number of unbranched alkanes of at least 4 members (excludes halogenated alkanes) is 1. The second kappa shape index (κ2) is 9.36. The first-order valence-electron chi connectivity index (χ1n) is 10.2. The van der Waals surface area contributed by atoms with Gasteiger partial charge in [-0.1, -0.05) is 18.2 Å². The van der Waals surface area contributed by atoms with Crippen LogP contribution in [0.3, 0.4) is 0 Å². The van der Waals surface area contributed by atoms with Crippen molar-refractivity contribution in [2.24, 2.45) is 4.99 Å². The van der Waals surface area contributed by atoms with E-state index >= 15 is 0 Å². The Hall–Kier alpha value is -1.62. The van der Waals surface area contributed by atoms with Crippen molar-refractivity contribution in [1.82, 2.24) is 15.5 Å². The number of rotatable bonds is 9. The van der Waals surface area contributed by atoms with Crippen LogP contribution in [-0.4, -0.2) is 50.1 Å². The Morgan fingerprint density at radius 3 is 2.62 bits per heavy atom. The normalized spacial score (nSPS) is 19.5. The minimum Gasteiger partial charge on any atom is -0.357 e. The highest BCUT2D eigenvalue weighted by Gasteiger charge is 2.45. The molecule has 0 aromatic heterocycles. The number of hydrogen-bond donors (Lipinski definition) is 2. The molecule has 0 unspecified atom stereocenters. The van der Waals surface area contributed by atoms with Gasteiger partial charge in [0, 0.05) is 18.5 Å². The molecule has 1 heterocycles. The molecule has 26 heavy (non-hydrogen) atoms. The SMILES string of the molecule is CCNC(=NCC1(c2ccccc2F)CC1)NCCCCN1CCCC1. The fraction of sp³-hybridized carbons (Fsp3) is 0.667. The maximum atomic E-state index is 14.1. The molecule has 1 aliphatic carbocycles. The molecule has 1 aromatic rings. The number of guanidine groups is 1. The van der Waals surface area contributed by atoms with Crippen LogP contribution in [0.15, 0.2) is 29.3 Å². The summed E-state index contributed by atoms with van der Waals surface area (Å²) in [5.41, 5.74) is 0.730. The average Bonchev–Trinajstić information content (AvgIpc) is 3.25. The fourth-order valence-corrected chi connectivity index (χ4v) is 3.80. The summed E-state index contributed by atoms with van der Waals surface area (Å²) in [5, 5.41) is 6.75. The zero-order chi connectivity index (χ0) is 18.2. The molecule has 144 valence electrons. The van der Waals surface area contributed by atoms with Crippen molar-refractivity contribution in [2.75, 3.05) is 39.3 Å². The number of nitrogens with one attached hydrogen (secondary N) is 2. The van der Waals surface area contributed by atoms with E-state index in [1.54, 1.807) is 12.1 Å². The molecule has 0 spiro atoms. The molecular weight excluding hydrogens is 327 g/mol. The highest BCUT2D eigenvalue weighted by atomic mass is 19.1. The minimum atomic E-state index is -0.0972. The smallest absolute Gasteiger partial charge is 0.191 e. The van der Waals surface area contributed by atoms with Crippen molar-refractivity contribution in [3.05, 3.63) is 35.6 Å². The predicted molar refractivity (Wildman–Crippen MR) is 106 cm³/mol. The maximum Gasteiger partial charge on any atom is 0.191 e. The first-order chi connectivity index (χ1) is 12.7. The maximum absolute atomic E-state index is 14.1. The molecule has 1 aromatic carbocycles. The van der Waals surface area contributed by atoms with Crippen molar-refractivity contribution in [3.63, 3.8) is 0 Å². The third kappa shape index (κ3) is 5.19. The van der Waals surface area contributed by atoms with Crippen molar-refractivity contribution in [1.29, 1.82) is 0 Å². The second-order valence-corrected chi connectivity index (χ2v) is 7.64. The van der Waals surface area contributed by atoms with Gasteiger partial charge >= 0.3 is 0 Å². The third-order valence-electron chi connectivity index (χ3n) is 5.58. The zero-order valence-electron chi connectivity index (χ0n) is 16.1. The molecule has 4 nitrogen and oxygen atoms in total. The quantitative estimate of drug-likeness (QED) is 0.403. The number of aliphatic imine (C=N–C) groups is 1. The lowest BCUT2D eigenvalue weighted by Crippen LogP contribution is -2.38. The van der Waals surface area contributed by atoms with Crippen LogP contribution >= 0.6 is 0 Å². The molecule has 2 N–H and O–H groups in total. The van der Waals surface area contributed by atoms with E-state index in [9.17, 15) is 4.39 Å². The monoisotopic (exact) mass is 360 g/mol. The van der Waals surface area contributed by atoms with E-state index in [4.69, 9.17) is 4.99 Å². The second-order valence-electron chi connectivity index (χ2n) is 7.64. The molecule has 2 fully saturated rings. The zero-order valence-corrected chi connectivity index (χ0v) is 16.1. The van der Waals surface area contributed by atoms with Crippen LogP contribution in [-0.2, 0) is 5.41 Å². The molecule has 3 rings (SSSR count). The van der Waals surface area contributed by atoms with E-state index in [0.29, 0.717) is 6.54 Å². The van der Waals surface area contributed by atoms with Crippen molar-refractivity contribution < 1.29 is 4.39 Å². The van der Waals surface area contributed by atoms with E-state index in [0.717, 1.165) is 43.9 Å². The third-order valence-corrected chi connectivity index (χ3v) is 5.58. The Morgan fingerprint density at radius 2 is 1.92 bits per heavy atom. The number of hydrogen-bond acceptors (Lipinski definition) is 2. The van der Waals surface area contributed by atoms with Gasteiger partial charge in [-0.2, -0.15) is 0 Å². The lowest BCUT2D eigenvalue weighted by Gasteiger charge is -2.17. The summed E-state index contributed by atoms with van der Waals surface area (Å²) >= 11 is 0. The summed E-state index contributed by atoms with van der Waals surface area (Å²) in [4.78, 5) is 7.32. The molecule has 0 radical (unpaired) electrons. The Balaban J connectivity index is 1.45. The lowest BCUT2D eigenvalue weighted by atomic mass is 9.95. The number of likely N-dealkylation sites (tertiary alicyclic amines) is 1. The van der Waals surface area contributed by atoms with Gasteiger partial charge < -0.3 is 15.5 Å². The Bertz CT molecular complexity index is 591. The average molecular weight is 361 g/mol. The standard InChI is InChI=1S/C21H33FN4/c1-2-23-20(24-13-5-6-14-26-15-7-8-16-26)25-17-21(11-12-21)18-9-3-4-10-19(18)22/h3-4,9-10H,2,5-8,11-17H2,1H3,(H2,23,24,25). The summed E-state index contributed by atoms with van der Waals surface area (Å²) in [6.07, 6.45) is 7.14. The van der Waals surface area contributed by atoms with Crippen molar-refractivity contribution >= 4 is 5.96 Å². The van der Waals surface area contributed by atoms with Gasteiger partial charge in [-0.05, 0) is 76.7 Å². The first-order valence-corrected chi connectivity index (χ1v) is 10.2. The number of nitrogens with zero attached hydrogens (tertiary/aromatic N) is 2. The Kier molecular flexibility index (Phi) is 6.89. The highest BCUT2D eigenvalue weighted by Crippen LogP contribution is 2.49. The van der Waals surface area contributed by atoms with Crippen LogP contribution in [0.2, 0.25) is 0 Å². The van der Waals surface area contributed by atoms with Crippen molar-refractivity contribution in [3.8, 4) is 0 Å². The van der Waals surface area contributed by atoms with Gasteiger partial charge in [0.15, 0.2) is 5.96 Å². The van der Waals surface area contributed by atoms with Gasteiger partial charge in [0.2, 0.25) is 0 Å². The number of benzene rings is 1. The lowest BCUT2D eigenvalue weighted by molar-refractivity contribution is 0.330.